The zero-order valence-corrected chi connectivity index (χ0v) is 10.5. The zero-order valence-electron chi connectivity index (χ0n) is 9.71. The van der Waals surface area contributed by atoms with E-state index in [-0.39, 0.29) is 5.84 Å². The summed E-state index contributed by atoms with van der Waals surface area (Å²) in [5, 5.41) is 12.9. The molecule has 0 saturated heterocycles. The fraction of sp³-hybridized carbons (Fsp3) is 0.0769. The smallest absolute Gasteiger partial charge is 0.172 e. The summed E-state index contributed by atoms with van der Waals surface area (Å²) >= 11 is 1.59. The Morgan fingerprint density at radius 1 is 1.50 bits per heavy atom. The fourth-order valence-corrected chi connectivity index (χ4v) is 2.58. The maximum atomic E-state index is 8.82. The summed E-state index contributed by atoms with van der Waals surface area (Å²) < 4.78 is 0. The van der Waals surface area contributed by atoms with Gasteiger partial charge in [0.25, 0.3) is 0 Å². The van der Waals surface area contributed by atoms with E-state index in [1.54, 1.807) is 18.0 Å². The second-order valence-corrected chi connectivity index (χ2v) is 4.63. The van der Waals surface area contributed by atoms with Crippen molar-refractivity contribution in [3.63, 3.8) is 0 Å². The molecule has 1 aromatic heterocycles. The molecule has 5 heteroatoms. The molecule has 92 valence electrons. The second kappa shape index (κ2) is 5.55. The van der Waals surface area contributed by atoms with Gasteiger partial charge in [0.2, 0.25) is 0 Å². The van der Waals surface area contributed by atoms with Gasteiger partial charge in [0.15, 0.2) is 5.84 Å². The van der Waals surface area contributed by atoms with E-state index in [4.69, 9.17) is 10.9 Å². The SMILES string of the molecule is C=CCSc1c(/C(N)=N\O)cnc2ccccc12. The van der Waals surface area contributed by atoms with Crippen LogP contribution in [0.2, 0.25) is 0 Å². The normalized spacial score (nSPS) is 11.7. The Kier molecular flexibility index (Phi) is 3.84. The number of hydrogen-bond donors (Lipinski definition) is 2. The van der Waals surface area contributed by atoms with Gasteiger partial charge >= 0.3 is 0 Å². The minimum atomic E-state index is 0.0693. The Morgan fingerprint density at radius 2 is 2.28 bits per heavy atom. The van der Waals surface area contributed by atoms with Crippen molar-refractivity contribution in [3.8, 4) is 0 Å². The lowest BCUT2D eigenvalue weighted by molar-refractivity contribution is 0.318. The van der Waals surface area contributed by atoms with Crippen molar-refractivity contribution >= 4 is 28.5 Å². The minimum Gasteiger partial charge on any atom is -0.409 e. The van der Waals surface area contributed by atoms with E-state index < -0.39 is 0 Å². The number of pyridine rings is 1. The molecule has 0 atom stereocenters. The highest BCUT2D eigenvalue weighted by Gasteiger charge is 2.12. The van der Waals surface area contributed by atoms with Gasteiger partial charge in [-0.05, 0) is 6.07 Å². The summed E-state index contributed by atoms with van der Waals surface area (Å²) in [7, 11) is 0. The van der Waals surface area contributed by atoms with Gasteiger partial charge in [-0.2, -0.15) is 0 Å². The van der Waals surface area contributed by atoms with Gasteiger partial charge < -0.3 is 10.9 Å². The molecule has 0 unspecified atom stereocenters. The molecule has 3 N–H and O–H groups in total. The average molecular weight is 259 g/mol. The van der Waals surface area contributed by atoms with Gasteiger partial charge in [-0.15, -0.1) is 18.3 Å². The predicted octanol–water partition coefficient (Wildman–Crippen LogP) is 2.61. The number of aromatic nitrogens is 1. The number of fused-ring (bicyclic) bond motifs is 1. The molecule has 0 amide bonds. The fourth-order valence-electron chi connectivity index (χ4n) is 1.65. The summed E-state index contributed by atoms with van der Waals surface area (Å²) in [4.78, 5) is 5.26. The second-order valence-electron chi connectivity index (χ2n) is 3.60. The van der Waals surface area contributed by atoms with Crippen molar-refractivity contribution in [2.24, 2.45) is 10.9 Å². The molecule has 0 aliphatic rings. The maximum absolute atomic E-state index is 8.82. The average Bonchev–Trinajstić information content (AvgIpc) is 2.43. The van der Waals surface area contributed by atoms with Crippen LogP contribution in [0.1, 0.15) is 5.56 Å². The van der Waals surface area contributed by atoms with Crippen LogP contribution in [0, 0.1) is 0 Å². The summed E-state index contributed by atoms with van der Waals surface area (Å²) in [5.74, 6) is 0.819. The first-order chi connectivity index (χ1) is 8.77. The van der Waals surface area contributed by atoms with Crippen LogP contribution in [-0.2, 0) is 0 Å². The van der Waals surface area contributed by atoms with E-state index in [2.05, 4.69) is 16.7 Å². The largest absolute Gasteiger partial charge is 0.409 e. The minimum absolute atomic E-state index is 0.0693. The highest BCUT2D eigenvalue weighted by atomic mass is 32.2. The van der Waals surface area contributed by atoms with E-state index in [0.29, 0.717) is 5.56 Å². The van der Waals surface area contributed by atoms with Crippen LogP contribution in [0.4, 0.5) is 0 Å². The van der Waals surface area contributed by atoms with Crippen LogP contribution < -0.4 is 5.73 Å². The Labute approximate surface area is 109 Å². The lowest BCUT2D eigenvalue weighted by Gasteiger charge is -2.10. The number of hydrogen-bond acceptors (Lipinski definition) is 4. The summed E-state index contributed by atoms with van der Waals surface area (Å²) in [6, 6.07) is 7.78. The molecular formula is C13H13N3OS. The molecule has 2 aromatic rings. The standard InChI is InChI=1S/C13H13N3OS/c1-2-7-18-12-9-5-3-4-6-11(9)15-8-10(12)13(14)16-17/h2-6,8,17H,1,7H2,(H2,14,16). The zero-order chi connectivity index (χ0) is 13.0. The highest BCUT2D eigenvalue weighted by Crippen LogP contribution is 2.30. The molecule has 0 aliphatic heterocycles. The molecule has 0 bridgehead atoms. The number of rotatable bonds is 4. The molecule has 2 rings (SSSR count). The number of para-hydroxylation sites is 1. The van der Waals surface area contributed by atoms with Gasteiger partial charge in [0.1, 0.15) is 0 Å². The number of nitrogens with two attached hydrogens (primary N) is 1. The van der Waals surface area contributed by atoms with E-state index in [0.717, 1.165) is 21.6 Å². The van der Waals surface area contributed by atoms with Crippen LogP contribution in [0.3, 0.4) is 0 Å². The monoisotopic (exact) mass is 259 g/mol. The summed E-state index contributed by atoms with van der Waals surface area (Å²) in [6.45, 7) is 3.70. The van der Waals surface area contributed by atoms with Gasteiger partial charge in [0, 0.05) is 22.2 Å². The molecule has 0 spiro atoms. The van der Waals surface area contributed by atoms with Crippen LogP contribution in [0.5, 0.6) is 0 Å². The van der Waals surface area contributed by atoms with Crippen molar-refractivity contribution in [2.75, 3.05) is 5.75 Å². The first-order valence-electron chi connectivity index (χ1n) is 5.37. The number of oxime groups is 1. The van der Waals surface area contributed by atoms with Crippen LogP contribution in [-0.4, -0.2) is 21.8 Å². The van der Waals surface area contributed by atoms with Gasteiger partial charge in [-0.1, -0.05) is 29.4 Å². The number of nitrogens with zero attached hydrogens (tertiary/aromatic N) is 2. The van der Waals surface area contributed by atoms with Crippen molar-refractivity contribution in [3.05, 3.63) is 48.7 Å². The third-order valence-corrected chi connectivity index (χ3v) is 3.59. The first kappa shape index (κ1) is 12.4. The third kappa shape index (κ3) is 2.31. The number of amidine groups is 1. The molecule has 4 nitrogen and oxygen atoms in total. The van der Waals surface area contributed by atoms with Gasteiger partial charge in [-0.3, -0.25) is 4.98 Å². The predicted molar refractivity (Wildman–Crippen MR) is 75.2 cm³/mol. The molecule has 1 aromatic carbocycles. The van der Waals surface area contributed by atoms with Gasteiger partial charge in [-0.25, -0.2) is 0 Å². The molecule has 0 saturated carbocycles. The molecule has 1 heterocycles. The summed E-state index contributed by atoms with van der Waals surface area (Å²) in [5.41, 5.74) is 7.21. The molecule has 0 fully saturated rings. The van der Waals surface area contributed by atoms with Crippen molar-refractivity contribution in [1.29, 1.82) is 0 Å². The maximum Gasteiger partial charge on any atom is 0.172 e. The van der Waals surface area contributed by atoms with E-state index >= 15 is 0 Å². The van der Waals surface area contributed by atoms with Gasteiger partial charge in [0.05, 0.1) is 11.1 Å². The summed E-state index contributed by atoms with van der Waals surface area (Å²) in [6.07, 6.45) is 3.44. The molecule has 18 heavy (non-hydrogen) atoms. The molecule has 0 radical (unpaired) electrons. The first-order valence-corrected chi connectivity index (χ1v) is 6.36. The van der Waals surface area contributed by atoms with Crippen LogP contribution in [0.15, 0.2) is 53.2 Å². The Morgan fingerprint density at radius 3 is 3.00 bits per heavy atom. The van der Waals surface area contributed by atoms with E-state index in [1.165, 1.54) is 0 Å². The van der Waals surface area contributed by atoms with Crippen molar-refractivity contribution < 1.29 is 5.21 Å². The highest BCUT2D eigenvalue weighted by molar-refractivity contribution is 7.99. The lowest BCUT2D eigenvalue weighted by Crippen LogP contribution is -2.15. The quantitative estimate of drug-likeness (QED) is 0.221. The molecule has 0 aliphatic carbocycles. The Balaban J connectivity index is 2.66. The van der Waals surface area contributed by atoms with Crippen molar-refractivity contribution in [2.45, 2.75) is 4.90 Å². The third-order valence-electron chi connectivity index (χ3n) is 2.46. The topological polar surface area (TPSA) is 71.5 Å². The van der Waals surface area contributed by atoms with E-state index in [1.807, 2.05) is 30.3 Å². The van der Waals surface area contributed by atoms with Crippen LogP contribution in [0.25, 0.3) is 10.9 Å². The lowest BCUT2D eigenvalue weighted by atomic mass is 10.1. The number of benzene rings is 1. The Hall–Kier alpha value is -2.01. The van der Waals surface area contributed by atoms with E-state index in [9.17, 15) is 0 Å². The van der Waals surface area contributed by atoms with Crippen molar-refractivity contribution in [1.82, 2.24) is 4.98 Å². The molecular weight excluding hydrogens is 246 g/mol. The van der Waals surface area contributed by atoms with Crippen LogP contribution >= 0.6 is 11.8 Å². The number of thioether (sulfide) groups is 1. The Bertz CT molecular complexity index is 610.